The lowest BCUT2D eigenvalue weighted by atomic mass is 9.95. The molecule has 0 aliphatic heterocycles. The molecule has 0 unspecified atom stereocenters. The van der Waals surface area contributed by atoms with Crippen molar-refractivity contribution >= 4 is 29.0 Å². The number of carbonyl (C=O) groups excluding carboxylic acids is 1. The van der Waals surface area contributed by atoms with Gasteiger partial charge in [-0.15, -0.1) is 0 Å². The Bertz CT molecular complexity index is 1770. The Hall–Kier alpha value is -5.69. The van der Waals surface area contributed by atoms with Crippen LogP contribution in [0.15, 0.2) is 85.5 Å². The molecule has 0 bridgehead atoms. The molecule has 5 rings (SSSR count). The average Bonchev–Trinajstić information content (AvgIpc) is 2.99. The van der Waals surface area contributed by atoms with Gasteiger partial charge in [-0.1, -0.05) is 39.0 Å². The van der Waals surface area contributed by atoms with E-state index >= 15 is 0 Å². The summed E-state index contributed by atoms with van der Waals surface area (Å²) in [7, 11) is 0. The van der Waals surface area contributed by atoms with Crippen LogP contribution in [0.5, 0.6) is 0 Å². The highest BCUT2D eigenvalue weighted by Gasteiger charge is 2.21. The summed E-state index contributed by atoms with van der Waals surface area (Å²) < 4.78 is 0. The molecule has 0 fully saturated rings. The quantitative estimate of drug-likeness (QED) is 0.206. The molecule has 3 aromatic heterocycles. The van der Waals surface area contributed by atoms with Crippen molar-refractivity contribution in [3.63, 3.8) is 0 Å². The highest BCUT2D eigenvalue weighted by atomic mass is 16.2. The Kier molecular flexibility index (Phi) is 7.84. The van der Waals surface area contributed by atoms with Crippen LogP contribution in [0.3, 0.4) is 0 Å². The summed E-state index contributed by atoms with van der Waals surface area (Å²) in [5.74, 6) is 1.06. The Labute approximate surface area is 244 Å². The lowest BCUT2D eigenvalue weighted by Gasteiger charge is -2.19. The number of aryl methyl sites for hydroxylation is 1. The number of benzene rings is 2. The fourth-order valence-electron chi connectivity index (χ4n) is 4.09. The van der Waals surface area contributed by atoms with Gasteiger partial charge in [0.05, 0.1) is 34.9 Å². The average molecular weight is 556 g/mol. The van der Waals surface area contributed by atoms with Gasteiger partial charge in [-0.25, -0.2) is 24.7 Å². The fraction of sp³-hybridized carbons (Fsp3) is 0.156. The van der Waals surface area contributed by atoms with Crippen molar-refractivity contribution in [2.45, 2.75) is 33.1 Å². The molecule has 10 nitrogen and oxygen atoms in total. The molecule has 3 N–H and O–H groups in total. The number of hydrogen-bond donors (Lipinski definition) is 3. The second-order valence-electron chi connectivity index (χ2n) is 10.6. The number of urea groups is 1. The van der Waals surface area contributed by atoms with Crippen LogP contribution in [-0.2, 0) is 5.41 Å². The molecule has 208 valence electrons. The van der Waals surface area contributed by atoms with E-state index in [4.69, 9.17) is 4.98 Å². The first kappa shape index (κ1) is 27.9. The van der Waals surface area contributed by atoms with E-state index in [-0.39, 0.29) is 5.41 Å². The van der Waals surface area contributed by atoms with E-state index in [0.717, 1.165) is 28.1 Å². The topological polar surface area (TPSA) is 141 Å². The van der Waals surface area contributed by atoms with Gasteiger partial charge in [-0.2, -0.15) is 5.26 Å². The monoisotopic (exact) mass is 555 g/mol. The van der Waals surface area contributed by atoms with Crippen molar-refractivity contribution in [3.8, 4) is 28.6 Å². The molecule has 0 atom stereocenters. The number of nitriles is 1. The molecule has 2 amide bonds. The molecule has 2 aromatic carbocycles. The van der Waals surface area contributed by atoms with Crippen molar-refractivity contribution in [3.05, 3.63) is 102 Å². The third-order valence-electron chi connectivity index (χ3n) is 6.35. The predicted octanol–water partition coefficient (Wildman–Crippen LogP) is 6.86. The van der Waals surface area contributed by atoms with E-state index in [0.29, 0.717) is 34.4 Å². The van der Waals surface area contributed by atoms with Gasteiger partial charge in [-0.05, 0) is 55.0 Å². The minimum atomic E-state index is -0.457. The SMILES string of the molecule is Cc1ccc(NC(=O)Nc2cnc(C(C)(C)C)nc2-c2ccc(C#N)cc2)cc1Nc1nccc(-c2cccnc2)n1. The number of pyridine rings is 1. The molecule has 42 heavy (non-hydrogen) atoms. The Morgan fingerprint density at radius 3 is 2.38 bits per heavy atom. The third kappa shape index (κ3) is 6.54. The second kappa shape index (κ2) is 11.8. The van der Waals surface area contributed by atoms with Crippen LogP contribution in [0.4, 0.5) is 27.8 Å². The van der Waals surface area contributed by atoms with Crippen molar-refractivity contribution in [1.29, 1.82) is 5.26 Å². The number of amides is 2. The van der Waals surface area contributed by atoms with Crippen LogP contribution in [0.1, 0.15) is 37.7 Å². The molecule has 5 aromatic rings. The number of nitrogens with zero attached hydrogens (tertiary/aromatic N) is 6. The van der Waals surface area contributed by atoms with Crippen LogP contribution in [0.25, 0.3) is 22.5 Å². The van der Waals surface area contributed by atoms with Gasteiger partial charge in [0.1, 0.15) is 5.82 Å². The maximum atomic E-state index is 13.1. The normalized spacial score (nSPS) is 10.9. The lowest BCUT2D eigenvalue weighted by Crippen LogP contribution is -2.22. The third-order valence-corrected chi connectivity index (χ3v) is 6.35. The zero-order valence-electron chi connectivity index (χ0n) is 23.7. The Balaban J connectivity index is 1.36. The number of hydrogen-bond acceptors (Lipinski definition) is 8. The van der Waals surface area contributed by atoms with Gasteiger partial charge in [0.25, 0.3) is 0 Å². The molecule has 3 heterocycles. The first-order chi connectivity index (χ1) is 20.2. The van der Waals surface area contributed by atoms with Gasteiger partial charge in [0.2, 0.25) is 5.95 Å². The second-order valence-corrected chi connectivity index (χ2v) is 10.6. The molecule has 0 saturated heterocycles. The summed E-state index contributed by atoms with van der Waals surface area (Å²) in [4.78, 5) is 35.5. The molecule has 0 aliphatic carbocycles. The number of anilines is 4. The van der Waals surface area contributed by atoms with E-state index in [1.165, 1.54) is 0 Å². The van der Waals surface area contributed by atoms with E-state index in [9.17, 15) is 10.1 Å². The summed E-state index contributed by atoms with van der Waals surface area (Å²) in [5.41, 5.74) is 5.88. The minimum absolute atomic E-state index is 0.297. The zero-order chi connectivity index (χ0) is 29.7. The molecule has 0 aliphatic rings. The summed E-state index contributed by atoms with van der Waals surface area (Å²) in [6.07, 6.45) is 6.75. The minimum Gasteiger partial charge on any atom is -0.324 e. The number of aromatic nitrogens is 5. The van der Waals surface area contributed by atoms with Crippen molar-refractivity contribution in [2.75, 3.05) is 16.0 Å². The maximum absolute atomic E-state index is 13.1. The number of carbonyl (C=O) groups is 1. The number of rotatable bonds is 6. The molecule has 0 saturated carbocycles. The van der Waals surface area contributed by atoms with Crippen molar-refractivity contribution in [1.82, 2.24) is 24.9 Å². The first-order valence-electron chi connectivity index (χ1n) is 13.3. The van der Waals surface area contributed by atoms with E-state index in [1.807, 2.05) is 64.1 Å². The molecule has 0 radical (unpaired) electrons. The van der Waals surface area contributed by atoms with Gasteiger partial charge in [-0.3, -0.25) is 4.98 Å². The maximum Gasteiger partial charge on any atom is 0.323 e. The highest BCUT2D eigenvalue weighted by molar-refractivity contribution is 6.02. The summed E-state index contributed by atoms with van der Waals surface area (Å²) >= 11 is 0. The number of nitrogens with one attached hydrogen (secondary N) is 3. The van der Waals surface area contributed by atoms with E-state index in [2.05, 4.69) is 42.0 Å². The smallest absolute Gasteiger partial charge is 0.323 e. The van der Waals surface area contributed by atoms with Crippen LogP contribution < -0.4 is 16.0 Å². The van der Waals surface area contributed by atoms with E-state index in [1.54, 1.807) is 49.1 Å². The lowest BCUT2D eigenvalue weighted by molar-refractivity contribution is 0.262. The Morgan fingerprint density at radius 2 is 1.67 bits per heavy atom. The van der Waals surface area contributed by atoms with Gasteiger partial charge < -0.3 is 16.0 Å². The summed E-state index contributed by atoms with van der Waals surface area (Å²) in [6.45, 7) is 8.02. The van der Waals surface area contributed by atoms with Gasteiger partial charge >= 0.3 is 6.03 Å². The molecule has 10 heteroatoms. The fourth-order valence-corrected chi connectivity index (χ4v) is 4.09. The van der Waals surface area contributed by atoms with Crippen LogP contribution in [-0.4, -0.2) is 31.0 Å². The standard InChI is InChI=1S/C32H29N9O/c1-20-7-12-24(16-26(20)39-30-35-15-13-25(38-30)23-6-5-14-34-18-23)37-31(42)40-27-19-36-29(32(2,3)4)41-28(27)22-10-8-21(17-33)9-11-22/h5-16,18-19H,1-4H3,(H,35,38,39)(H2,37,40,42). The highest BCUT2D eigenvalue weighted by Crippen LogP contribution is 2.30. The van der Waals surface area contributed by atoms with Crippen molar-refractivity contribution < 1.29 is 4.79 Å². The molecular formula is C32H29N9O. The molecule has 0 spiro atoms. The predicted molar refractivity (Wildman–Crippen MR) is 163 cm³/mol. The largest absolute Gasteiger partial charge is 0.324 e. The van der Waals surface area contributed by atoms with E-state index < -0.39 is 6.03 Å². The summed E-state index contributed by atoms with van der Waals surface area (Å²) in [6, 6.07) is 19.8. The van der Waals surface area contributed by atoms with Crippen LogP contribution in [0.2, 0.25) is 0 Å². The summed E-state index contributed by atoms with van der Waals surface area (Å²) in [5, 5.41) is 18.2. The Morgan fingerprint density at radius 1 is 0.857 bits per heavy atom. The molecular weight excluding hydrogens is 526 g/mol. The van der Waals surface area contributed by atoms with Crippen LogP contribution in [0, 0.1) is 18.3 Å². The van der Waals surface area contributed by atoms with Crippen molar-refractivity contribution in [2.24, 2.45) is 0 Å². The first-order valence-corrected chi connectivity index (χ1v) is 13.3. The van der Waals surface area contributed by atoms with Gasteiger partial charge in [0, 0.05) is 46.5 Å². The zero-order valence-corrected chi connectivity index (χ0v) is 23.7. The van der Waals surface area contributed by atoms with Gasteiger partial charge in [0.15, 0.2) is 0 Å². The van der Waals surface area contributed by atoms with Crippen LogP contribution >= 0.6 is 0 Å².